The van der Waals surface area contributed by atoms with Gasteiger partial charge in [0.15, 0.2) is 0 Å². The summed E-state index contributed by atoms with van der Waals surface area (Å²) < 4.78 is 5.34. The van der Waals surface area contributed by atoms with Gasteiger partial charge in [0.25, 0.3) is 0 Å². The van der Waals surface area contributed by atoms with Crippen LogP contribution in [0.25, 0.3) is 0 Å². The van der Waals surface area contributed by atoms with Crippen molar-refractivity contribution in [3.63, 3.8) is 0 Å². The molecule has 0 saturated heterocycles. The maximum Gasteiger partial charge on any atom is 0.220 e. The molecule has 4 heteroatoms. The first-order valence-electron chi connectivity index (χ1n) is 6.83. The SMILES string of the molecule is CCOCc1ccc(CNC(=O)CCCNC)cc1. The topological polar surface area (TPSA) is 50.4 Å². The fraction of sp³-hybridized carbons (Fsp3) is 0.533. The molecule has 0 aliphatic heterocycles. The summed E-state index contributed by atoms with van der Waals surface area (Å²) >= 11 is 0. The largest absolute Gasteiger partial charge is 0.377 e. The van der Waals surface area contributed by atoms with Crippen molar-refractivity contribution in [2.75, 3.05) is 20.2 Å². The molecule has 1 aromatic carbocycles. The Morgan fingerprint density at radius 1 is 1.21 bits per heavy atom. The molecule has 0 aliphatic carbocycles. The molecule has 0 unspecified atom stereocenters. The lowest BCUT2D eigenvalue weighted by molar-refractivity contribution is -0.121. The van der Waals surface area contributed by atoms with E-state index in [1.807, 2.05) is 38.2 Å². The summed E-state index contributed by atoms with van der Waals surface area (Å²) in [5, 5.41) is 5.95. The van der Waals surface area contributed by atoms with Crippen molar-refractivity contribution in [3.05, 3.63) is 35.4 Å². The molecule has 0 spiro atoms. The van der Waals surface area contributed by atoms with Gasteiger partial charge in [0, 0.05) is 19.6 Å². The minimum atomic E-state index is 0.105. The Labute approximate surface area is 115 Å². The summed E-state index contributed by atoms with van der Waals surface area (Å²) in [4.78, 5) is 11.5. The third-order valence-corrected chi connectivity index (χ3v) is 2.82. The second kappa shape index (κ2) is 9.53. The van der Waals surface area contributed by atoms with Gasteiger partial charge in [-0.2, -0.15) is 0 Å². The highest BCUT2D eigenvalue weighted by Crippen LogP contribution is 2.05. The number of carbonyl (C=O) groups is 1. The summed E-state index contributed by atoms with van der Waals surface area (Å²) in [7, 11) is 1.89. The Kier molecular flexibility index (Phi) is 7.86. The van der Waals surface area contributed by atoms with Crippen LogP contribution >= 0.6 is 0 Å². The summed E-state index contributed by atoms with van der Waals surface area (Å²) in [5.74, 6) is 0.105. The van der Waals surface area contributed by atoms with Gasteiger partial charge in [-0.05, 0) is 38.1 Å². The van der Waals surface area contributed by atoms with E-state index in [1.54, 1.807) is 0 Å². The van der Waals surface area contributed by atoms with Crippen molar-refractivity contribution in [2.45, 2.75) is 32.9 Å². The molecule has 0 atom stereocenters. The van der Waals surface area contributed by atoms with Crippen molar-refractivity contribution in [1.29, 1.82) is 0 Å². The summed E-state index contributed by atoms with van der Waals surface area (Å²) in [5.41, 5.74) is 2.27. The molecule has 0 heterocycles. The predicted molar refractivity (Wildman–Crippen MR) is 76.8 cm³/mol. The van der Waals surface area contributed by atoms with Gasteiger partial charge in [-0.1, -0.05) is 24.3 Å². The number of hydrogen-bond donors (Lipinski definition) is 2. The zero-order valence-electron chi connectivity index (χ0n) is 11.9. The highest BCUT2D eigenvalue weighted by atomic mass is 16.5. The molecule has 0 aromatic heterocycles. The first kappa shape index (κ1) is 15.7. The van der Waals surface area contributed by atoms with Crippen LogP contribution in [0.4, 0.5) is 0 Å². The first-order chi connectivity index (χ1) is 9.26. The third-order valence-electron chi connectivity index (χ3n) is 2.82. The lowest BCUT2D eigenvalue weighted by Crippen LogP contribution is -2.23. The minimum Gasteiger partial charge on any atom is -0.377 e. The van der Waals surface area contributed by atoms with Crippen LogP contribution in [-0.2, 0) is 22.7 Å². The van der Waals surface area contributed by atoms with Crippen molar-refractivity contribution in [3.8, 4) is 0 Å². The minimum absolute atomic E-state index is 0.105. The zero-order chi connectivity index (χ0) is 13.9. The molecule has 0 fully saturated rings. The number of hydrogen-bond acceptors (Lipinski definition) is 3. The molecule has 1 rings (SSSR count). The molecule has 0 radical (unpaired) electrons. The Hall–Kier alpha value is -1.39. The van der Waals surface area contributed by atoms with Gasteiger partial charge in [-0.15, -0.1) is 0 Å². The molecule has 1 aromatic rings. The first-order valence-corrected chi connectivity index (χ1v) is 6.83. The van der Waals surface area contributed by atoms with Crippen LogP contribution in [0.3, 0.4) is 0 Å². The van der Waals surface area contributed by atoms with Crippen LogP contribution in [0.5, 0.6) is 0 Å². The van der Waals surface area contributed by atoms with Crippen LogP contribution < -0.4 is 10.6 Å². The lowest BCUT2D eigenvalue weighted by Gasteiger charge is -2.07. The highest BCUT2D eigenvalue weighted by Gasteiger charge is 2.01. The van der Waals surface area contributed by atoms with E-state index < -0.39 is 0 Å². The summed E-state index contributed by atoms with van der Waals surface area (Å²) in [6.45, 7) is 4.82. The maximum atomic E-state index is 11.5. The van der Waals surface area contributed by atoms with E-state index in [9.17, 15) is 4.79 Å². The van der Waals surface area contributed by atoms with Gasteiger partial charge in [0.1, 0.15) is 0 Å². The Morgan fingerprint density at radius 2 is 1.89 bits per heavy atom. The molecule has 0 aliphatic rings. The molecule has 2 N–H and O–H groups in total. The van der Waals surface area contributed by atoms with E-state index >= 15 is 0 Å². The molecule has 4 nitrogen and oxygen atoms in total. The van der Waals surface area contributed by atoms with Crippen LogP contribution in [0.1, 0.15) is 30.9 Å². The van der Waals surface area contributed by atoms with Gasteiger partial charge in [-0.3, -0.25) is 4.79 Å². The molecular weight excluding hydrogens is 240 g/mol. The molecule has 0 saturated carbocycles. The smallest absolute Gasteiger partial charge is 0.220 e. The quantitative estimate of drug-likeness (QED) is 0.669. The van der Waals surface area contributed by atoms with Crippen molar-refractivity contribution in [1.82, 2.24) is 10.6 Å². The van der Waals surface area contributed by atoms with Gasteiger partial charge in [-0.25, -0.2) is 0 Å². The molecule has 0 bridgehead atoms. The van der Waals surface area contributed by atoms with Crippen LogP contribution in [-0.4, -0.2) is 26.1 Å². The number of benzene rings is 1. The second-order valence-corrected chi connectivity index (χ2v) is 4.44. The monoisotopic (exact) mass is 264 g/mol. The predicted octanol–water partition coefficient (Wildman–Crippen LogP) is 1.84. The average Bonchev–Trinajstić information content (AvgIpc) is 2.44. The summed E-state index contributed by atoms with van der Waals surface area (Å²) in [6, 6.07) is 8.14. The Balaban J connectivity index is 2.27. The Bertz CT molecular complexity index is 363. The molecule has 106 valence electrons. The van der Waals surface area contributed by atoms with Crippen LogP contribution in [0.15, 0.2) is 24.3 Å². The Morgan fingerprint density at radius 3 is 2.53 bits per heavy atom. The van der Waals surface area contributed by atoms with Crippen LogP contribution in [0.2, 0.25) is 0 Å². The van der Waals surface area contributed by atoms with E-state index in [1.165, 1.54) is 0 Å². The van der Waals surface area contributed by atoms with Crippen LogP contribution in [0, 0.1) is 0 Å². The van der Waals surface area contributed by atoms with E-state index in [4.69, 9.17) is 4.74 Å². The fourth-order valence-corrected chi connectivity index (χ4v) is 1.69. The number of carbonyl (C=O) groups excluding carboxylic acids is 1. The van der Waals surface area contributed by atoms with Crippen molar-refractivity contribution >= 4 is 5.91 Å². The molecule has 19 heavy (non-hydrogen) atoms. The number of rotatable bonds is 9. The highest BCUT2D eigenvalue weighted by molar-refractivity contribution is 5.75. The van der Waals surface area contributed by atoms with Gasteiger partial charge in [0.05, 0.1) is 6.61 Å². The summed E-state index contributed by atoms with van der Waals surface area (Å²) in [6.07, 6.45) is 1.44. The fourth-order valence-electron chi connectivity index (χ4n) is 1.69. The third kappa shape index (κ3) is 6.94. The number of nitrogens with one attached hydrogen (secondary N) is 2. The molecule has 1 amide bonds. The van der Waals surface area contributed by atoms with Crippen molar-refractivity contribution < 1.29 is 9.53 Å². The number of amides is 1. The maximum absolute atomic E-state index is 11.5. The van der Waals surface area contributed by atoms with E-state index in [0.717, 1.165) is 30.7 Å². The zero-order valence-corrected chi connectivity index (χ0v) is 11.9. The van der Waals surface area contributed by atoms with E-state index in [2.05, 4.69) is 10.6 Å². The number of ether oxygens (including phenoxy) is 1. The van der Waals surface area contributed by atoms with E-state index in [-0.39, 0.29) is 5.91 Å². The lowest BCUT2D eigenvalue weighted by atomic mass is 10.1. The average molecular weight is 264 g/mol. The normalized spacial score (nSPS) is 10.4. The van der Waals surface area contributed by atoms with Crippen molar-refractivity contribution in [2.24, 2.45) is 0 Å². The van der Waals surface area contributed by atoms with E-state index in [0.29, 0.717) is 19.6 Å². The molecular formula is C15H24N2O2. The van der Waals surface area contributed by atoms with Gasteiger partial charge < -0.3 is 15.4 Å². The van der Waals surface area contributed by atoms with Gasteiger partial charge in [0.2, 0.25) is 5.91 Å². The van der Waals surface area contributed by atoms with Gasteiger partial charge >= 0.3 is 0 Å². The second-order valence-electron chi connectivity index (χ2n) is 4.44. The standard InChI is InChI=1S/C15H24N2O2/c1-3-19-12-14-8-6-13(7-9-14)11-17-15(18)5-4-10-16-2/h6-9,16H,3-5,10-12H2,1-2H3,(H,17,18).